The van der Waals surface area contributed by atoms with Gasteiger partial charge in [-0.25, -0.2) is 4.98 Å². The second kappa shape index (κ2) is 17.2. The van der Waals surface area contributed by atoms with Crippen LogP contribution >= 0.6 is 11.3 Å². The van der Waals surface area contributed by atoms with Gasteiger partial charge in [-0.05, 0) is 95.7 Å². The van der Waals surface area contributed by atoms with Crippen LogP contribution in [0, 0.1) is 36.0 Å². The number of allylic oxidation sites excluding steroid dienone is 1. The first-order valence-corrected chi connectivity index (χ1v) is 21.7. The van der Waals surface area contributed by atoms with Crippen molar-refractivity contribution in [2.45, 2.75) is 170 Å². The number of hydrogen-bond acceptors (Lipinski definition) is 7. The zero-order valence-electron chi connectivity index (χ0n) is 31.7. The highest BCUT2D eigenvalue weighted by atomic mass is 32.1. The Morgan fingerprint density at radius 3 is 2.35 bits per heavy atom. The number of aliphatic hydroxyl groups excluding tert-OH is 1. The van der Waals surface area contributed by atoms with Crippen molar-refractivity contribution in [3.63, 3.8) is 0 Å². The first-order valence-electron chi connectivity index (χ1n) is 17.9. The fraction of sp³-hybridized carbons (Fsp3) is 0.842. The second-order valence-electron chi connectivity index (χ2n) is 16.8. The summed E-state index contributed by atoms with van der Waals surface area (Å²) in [5.74, 6) is -0.218. The fourth-order valence-electron chi connectivity index (χ4n) is 6.56. The van der Waals surface area contributed by atoms with Crippen LogP contribution in [0.4, 0.5) is 0 Å². The first-order chi connectivity index (χ1) is 21.1. The SMILES string of the molecule is C=CCC(C(=O)C(C)(Cc1csc(C)n1)[C@@H]1CCOC(C)(C)O1)[C@@H](O)[C@@H](C)CCCC(C)CC[C@H](O[Si](C)(C)C(C)(C)C)C(C)C. The highest BCUT2D eigenvalue weighted by Crippen LogP contribution is 2.42. The molecule has 1 aliphatic heterocycles. The highest BCUT2D eigenvalue weighted by molar-refractivity contribution is 7.09. The maximum atomic E-state index is 14.6. The normalized spacial score (nSPS) is 22.1. The van der Waals surface area contributed by atoms with E-state index in [1.807, 2.05) is 33.1 Å². The van der Waals surface area contributed by atoms with Crippen LogP contribution in [0.2, 0.25) is 18.1 Å². The number of nitrogens with zero attached hydrogens (tertiary/aromatic N) is 1. The zero-order valence-corrected chi connectivity index (χ0v) is 33.5. The molecule has 2 rings (SSSR count). The van der Waals surface area contributed by atoms with Gasteiger partial charge in [0.1, 0.15) is 5.78 Å². The topological polar surface area (TPSA) is 77.9 Å². The Kier molecular flexibility index (Phi) is 15.4. The van der Waals surface area contributed by atoms with Gasteiger partial charge in [0.15, 0.2) is 14.1 Å². The standard InChI is InChI=1S/C38H69NO5SSi/c1-15-17-31(35(41)38(12,24-30-25-45-29(6)39-30)33-22-23-42-37(10,11)43-33)34(40)28(5)19-16-18-27(4)20-21-32(26(2)3)44-46(13,14)36(7,8)9/h15,25-28,31-34,40H,1,16-24H2,2-14H3/t27?,28-,31?,32-,33-,34-,38?/m0/s1. The van der Waals surface area contributed by atoms with E-state index in [0.29, 0.717) is 43.8 Å². The van der Waals surface area contributed by atoms with Crippen LogP contribution < -0.4 is 0 Å². The molecule has 6 nitrogen and oxygen atoms in total. The highest BCUT2D eigenvalue weighted by Gasteiger charge is 2.50. The third-order valence-corrected chi connectivity index (χ3v) is 16.1. The van der Waals surface area contributed by atoms with Gasteiger partial charge in [0.05, 0.1) is 34.9 Å². The monoisotopic (exact) mass is 679 g/mol. The zero-order chi connectivity index (χ0) is 35.1. The average Bonchev–Trinajstić information content (AvgIpc) is 3.35. The van der Waals surface area contributed by atoms with Gasteiger partial charge < -0.3 is 19.0 Å². The largest absolute Gasteiger partial charge is 0.414 e. The summed E-state index contributed by atoms with van der Waals surface area (Å²) in [4.78, 5) is 19.3. The van der Waals surface area contributed by atoms with Gasteiger partial charge >= 0.3 is 0 Å². The van der Waals surface area contributed by atoms with E-state index in [0.717, 1.165) is 42.8 Å². The molecule has 0 aromatic carbocycles. The van der Waals surface area contributed by atoms with Crippen molar-refractivity contribution >= 4 is 25.4 Å². The average molecular weight is 680 g/mol. The molecule has 46 heavy (non-hydrogen) atoms. The van der Waals surface area contributed by atoms with Crippen molar-refractivity contribution in [2.24, 2.45) is 29.1 Å². The van der Waals surface area contributed by atoms with E-state index in [2.05, 4.69) is 68.1 Å². The summed E-state index contributed by atoms with van der Waals surface area (Å²) >= 11 is 1.59. The summed E-state index contributed by atoms with van der Waals surface area (Å²) < 4.78 is 19.1. The molecule has 1 fully saturated rings. The number of ether oxygens (including phenoxy) is 2. The molecule has 266 valence electrons. The van der Waals surface area contributed by atoms with Gasteiger partial charge in [-0.15, -0.1) is 17.9 Å². The Bertz CT molecular complexity index is 1100. The number of carbonyl (C=O) groups excluding carboxylic acids is 1. The molecule has 1 aromatic rings. The number of thiazole rings is 1. The van der Waals surface area contributed by atoms with E-state index in [-0.39, 0.29) is 22.8 Å². The van der Waals surface area contributed by atoms with E-state index in [9.17, 15) is 9.90 Å². The summed E-state index contributed by atoms with van der Waals surface area (Å²) in [6, 6.07) is 0. The molecule has 1 N–H and O–H groups in total. The molecule has 1 aliphatic rings. The molecular formula is C38H69NO5SSi. The summed E-state index contributed by atoms with van der Waals surface area (Å²) in [6.07, 6.45) is 7.74. The molecule has 0 spiro atoms. The fourth-order valence-corrected chi connectivity index (χ4v) is 8.67. The number of aromatic nitrogens is 1. The molecule has 0 radical (unpaired) electrons. The summed E-state index contributed by atoms with van der Waals surface area (Å²) in [7, 11) is -1.82. The Morgan fingerprint density at radius 2 is 1.83 bits per heavy atom. The lowest BCUT2D eigenvalue weighted by Gasteiger charge is -2.45. The number of carbonyl (C=O) groups is 1. The molecule has 0 aliphatic carbocycles. The van der Waals surface area contributed by atoms with Gasteiger partial charge in [0, 0.05) is 23.8 Å². The molecular weight excluding hydrogens is 611 g/mol. The second-order valence-corrected chi connectivity index (χ2v) is 22.7. The maximum Gasteiger partial charge on any atom is 0.192 e. The van der Waals surface area contributed by atoms with E-state index in [1.54, 1.807) is 17.4 Å². The Hall–Kier alpha value is -0.903. The van der Waals surface area contributed by atoms with Crippen molar-refractivity contribution in [1.29, 1.82) is 0 Å². The molecule has 2 heterocycles. The van der Waals surface area contributed by atoms with E-state index >= 15 is 0 Å². The lowest BCUT2D eigenvalue weighted by atomic mass is 9.67. The van der Waals surface area contributed by atoms with Gasteiger partial charge in [-0.2, -0.15) is 0 Å². The molecule has 0 saturated carbocycles. The quantitative estimate of drug-likeness (QED) is 0.116. The van der Waals surface area contributed by atoms with E-state index in [4.69, 9.17) is 18.9 Å². The predicted octanol–water partition coefficient (Wildman–Crippen LogP) is 9.93. The third-order valence-electron chi connectivity index (χ3n) is 10.8. The van der Waals surface area contributed by atoms with Crippen molar-refractivity contribution in [1.82, 2.24) is 4.98 Å². The summed E-state index contributed by atoms with van der Waals surface area (Å²) in [5.41, 5.74) is 0.0405. The van der Waals surface area contributed by atoms with Crippen LogP contribution in [-0.4, -0.2) is 54.9 Å². The molecule has 7 atom stereocenters. The number of rotatable bonds is 19. The number of ketones is 1. The minimum Gasteiger partial charge on any atom is -0.414 e. The Morgan fingerprint density at radius 1 is 1.17 bits per heavy atom. The van der Waals surface area contributed by atoms with Crippen LogP contribution in [0.3, 0.4) is 0 Å². The van der Waals surface area contributed by atoms with Crippen molar-refractivity contribution in [2.75, 3.05) is 6.61 Å². The van der Waals surface area contributed by atoms with Crippen molar-refractivity contribution in [3.05, 3.63) is 28.7 Å². The van der Waals surface area contributed by atoms with Crippen LogP contribution in [0.25, 0.3) is 0 Å². The minimum absolute atomic E-state index is 0.00996. The van der Waals surface area contributed by atoms with Crippen LogP contribution in [-0.2, 0) is 25.1 Å². The van der Waals surface area contributed by atoms with Crippen LogP contribution in [0.5, 0.6) is 0 Å². The number of hydrogen-bond donors (Lipinski definition) is 1. The van der Waals surface area contributed by atoms with E-state index in [1.165, 1.54) is 0 Å². The lowest BCUT2D eigenvalue weighted by molar-refractivity contribution is -0.290. The van der Waals surface area contributed by atoms with E-state index < -0.39 is 31.5 Å². The molecule has 8 heteroatoms. The summed E-state index contributed by atoms with van der Waals surface area (Å²) in [6.45, 7) is 32.9. The number of Topliss-reactive ketones (excluding diaryl/α,β-unsaturated/α-hetero) is 1. The first kappa shape index (κ1) is 41.3. The molecule has 0 amide bonds. The lowest BCUT2D eigenvalue weighted by Crippen LogP contribution is -2.54. The molecule has 1 saturated heterocycles. The van der Waals surface area contributed by atoms with Gasteiger partial charge in [0.25, 0.3) is 0 Å². The van der Waals surface area contributed by atoms with Gasteiger partial charge in [-0.3, -0.25) is 4.79 Å². The van der Waals surface area contributed by atoms with Crippen LogP contribution in [0.1, 0.15) is 125 Å². The maximum absolute atomic E-state index is 14.6. The van der Waals surface area contributed by atoms with Gasteiger partial charge in [0.2, 0.25) is 0 Å². The van der Waals surface area contributed by atoms with Crippen molar-refractivity contribution < 1.29 is 23.8 Å². The Balaban J connectivity index is 2.08. The summed E-state index contributed by atoms with van der Waals surface area (Å²) in [5, 5.41) is 15.0. The molecule has 0 bridgehead atoms. The van der Waals surface area contributed by atoms with Crippen molar-refractivity contribution in [3.8, 4) is 0 Å². The van der Waals surface area contributed by atoms with Crippen LogP contribution in [0.15, 0.2) is 18.0 Å². The predicted molar refractivity (Wildman–Crippen MR) is 196 cm³/mol. The van der Waals surface area contributed by atoms with Gasteiger partial charge in [-0.1, -0.05) is 67.4 Å². The molecule has 3 unspecified atom stereocenters. The third kappa shape index (κ3) is 11.6. The number of aryl methyl sites for hydroxylation is 1. The number of aliphatic hydroxyl groups is 1. The molecule has 1 aromatic heterocycles. The Labute approximate surface area is 287 Å². The minimum atomic E-state index is -1.82. The smallest absolute Gasteiger partial charge is 0.192 e.